The topological polar surface area (TPSA) is 95.1 Å². The monoisotopic (exact) mass is 543 g/mol. The van der Waals surface area contributed by atoms with E-state index in [-0.39, 0.29) is 64.4 Å². The number of hydrogen-bond donors (Lipinski definition) is 0. The molecule has 0 atom stereocenters. The van der Waals surface area contributed by atoms with Crippen molar-refractivity contribution in [3.63, 3.8) is 0 Å². The summed E-state index contributed by atoms with van der Waals surface area (Å²) in [4.78, 5) is 41.9. The van der Waals surface area contributed by atoms with E-state index in [1.165, 1.54) is 57.7 Å². The van der Waals surface area contributed by atoms with Crippen LogP contribution >= 0.6 is 23.2 Å². The summed E-state index contributed by atoms with van der Waals surface area (Å²) in [7, 11) is -3.65. The van der Waals surface area contributed by atoms with Crippen molar-refractivity contribution in [1.29, 1.82) is 0 Å². The second-order valence-corrected chi connectivity index (χ2v) is 11.1. The quantitative estimate of drug-likeness (QED) is 0.464. The van der Waals surface area contributed by atoms with Crippen LogP contribution in [0, 0.1) is 0 Å². The summed E-state index contributed by atoms with van der Waals surface area (Å²) >= 11 is 12.0. The van der Waals surface area contributed by atoms with E-state index in [1.54, 1.807) is 18.2 Å². The van der Waals surface area contributed by atoms with Gasteiger partial charge in [0.05, 0.1) is 31.8 Å². The molecule has 11 heteroatoms. The first-order valence-electron chi connectivity index (χ1n) is 11.0. The van der Waals surface area contributed by atoms with Gasteiger partial charge in [0.25, 0.3) is 17.7 Å². The number of carbonyl (C=O) groups is 3. The number of carbonyl (C=O) groups excluding carboxylic acids is 3. The predicted octanol–water partition coefficient (Wildman–Crippen LogP) is 3.94. The zero-order valence-corrected chi connectivity index (χ0v) is 21.1. The van der Waals surface area contributed by atoms with Gasteiger partial charge in [0.1, 0.15) is 0 Å². The van der Waals surface area contributed by atoms with Crippen molar-refractivity contribution in [3.8, 4) is 0 Å². The van der Waals surface area contributed by atoms with Crippen LogP contribution in [0.2, 0.25) is 10.0 Å². The van der Waals surface area contributed by atoms with E-state index >= 15 is 0 Å². The molecular weight excluding hydrogens is 525 g/mol. The third-order valence-electron chi connectivity index (χ3n) is 6.20. The van der Waals surface area contributed by atoms with E-state index in [1.807, 2.05) is 0 Å². The lowest BCUT2D eigenvalue weighted by atomic mass is 10.0. The number of rotatable bonds is 4. The Labute approximate surface area is 217 Å². The Bertz CT molecular complexity index is 1500. The third-order valence-corrected chi connectivity index (χ3v) is 8.85. The highest BCUT2D eigenvalue weighted by Gasteiger charge is 2.38. The van der Waals surface area contributed by atoms with E-state index < -0.39 is 21.8 Å². The van der Waals surface area contributed by atoms with Crippen LogP contribution in [0.4, 0.5) is 5.69 Å². The van der Waals surface area contributed by atoms with Crippen LogP contribution in [0.5, 0.6) is 0 Å². The SMILES string of the molecule is O=C(c1ccc2c(c1)C(=O)N(c1ccc(Cl)c(Cl)c1)C2=O)N1CCN(S(=O)(=O)c2ccccc2)CC1. The molecule has 8 nitrogen and oxygen atoms in total. The Morgan fingerprint density at radius 2 is 1.42 bits per heavy atom. The van der Waals surface area contributed by atoms with Crippen molar-refractivity contribution in [2.45, 2.75) is 4.90 Å². The molecule has 0 saturated carbocycles. The van der Waals surface area contributed by atoms with Crippen LogP contribution in [-0.4, -0.2) is 61.5 Å². The van der Waals surface area contributed by atoms with Crippen LogP contribution in [0.3, 0.4) is 0 Å². The molecule has 0 spiro atoms. The molecule has 5 rings (SSSR count). The summed E-state index contributed by atoms with van der Waals surface area (Å²) in [5.41, 5.74) is 0.813. The maximum absolute atomic E-state index is 13.2. The van der Waals surface area contributed by atoms with Crippen LogP contribution in [0.25, 0.3) is 0 Å². The highest BCUT2D eigenvalue weighted by atomic mass is 35.5. The summed E-state index contributed by atoms with van der Waals surface area (Å²) in [6.45, 7) is 0.696. The largest absolute Gasteiger partial charge is 0.336 e. The van der Waals surface area contributed by atoms with Gasteiger partial charge in [0.15, 0.2) is 0 Å². The first-order chi connectivity index (χ1) is 17.2. The Morgan fingerprint density at radius 3 is 2.08 bits per heavy atom. The molecule has 3 aromatic rings. The molecule has 2 aliphatic heterocycles. The first-order valence-corrected chi connectivity index (χ1v) is 13.2. The van der Waals surface area contributed by atoms with Gasteiger partial charge in [-0.15, -0.1) is 0 Å². The molecular formula is C25H19Cl2N3O5S. The summed E-state index contributed by atoms with van der Waals surface area (Å²) in [5, 5.41) is 0.497. The van der Waals surface area contributed by atoms with Crippen molar-refractivity contribution in [2.24, 2.45) is 0 Å². The van der Waals surface area contributed by atoms with Gasteiger partial charge in [-0.25, -0.2) is 13.3 Å². The molecule has 1 saturated heterocycles. The second kappa shape index (κ2) is 9.33. The van der Waals surface area contributed by atoms with Gasteiger partial charge in [0.2, 0.25) is 10.0 Å². The number of amides is 3. The number of piperazine rings is 1. The van der Waals surface area contributed by atoms with Gasteiger partial charge in [0, 0.05) is 31.7 Å². The predicted molar refractivity (Wildman–Crippen MR) is 135 cm³/mol. The van der Waals surface area contributed by atoms with Crippen molar-refractivity contribution >= 4 is 56.6 Å². The fraction of sp³-hybridized carbons (Fsp3) is 0.160. The highest BCUT2D eigenvalue weighted by Crippen LogP contribution is 2.33. The highest BCUT2D eigenvalue weighted by molar-refractivity contribution is 7.89. The maximum atomic E-state index is 13.2. The zero-order valence-electron chi connectivity index (χ0n) is 18.7. The van der Waals surface area contributed by atoms with Gasteiger partial charge < -0.3 is 4.90 Å². The minimum atomic E-state index is -3.65. The standard InChI is InChI=1S/C25H19Cl2N3O5S/c26-21-9-7-17(15-22(21)27)30-24(32)19-8-6-16(14-20(19)25(30)33)23(31)28-10-12-29(13-11-28)36(34,35)18-4-2-1-3-5-18/h1-9,14-15H,10-13H2. The van der Waals surface area contributed by atoms with Gasteiger partial charge in [-0.05, 0) is 48.5 Å². The molecule has 0 N–H and O–H groups in total. The number of benzene rings is 3. The van der Waals surface area contributed by atoms with E-state index in [9.17, 15) is 22.8 Å². The summed E-state index contributed by atoms with van der Waals surface area (Å²) in [6.07, 6.45) is 0. The average Bonchev–Trinajstić information content (AvgIpc) is 3.15. The van der Waals surface area contributed by atoms with Crippen molar-refractivity contribution in [2.75, 3.05) is 31.1 Å². The van der Waals surface area contributed by atoms with E-state index in [0.29, 0.717) is 5.02 Å². The van der Waals surface area contributed by atoms with Gasteiger partial charge >= 0.3 is 0 Å². The molecule has 0 bridgehead atoms. The second-order valence-electron chi connectivity index (χ2n) is 8.31. The van der Waals surface area contributed by atoms with Gasteiger partial charge in [-0.2, -0.15) is 4.31 Å². The van der Waals surface area contributed by atoms with E-state index in [4.69, 9.17) is 23.2 Å². The maximum Gasteiger partial charge on any atom is 0.266 e. The fourth-order valence-corrected chi connectivity index (χ4v) is 6.02. The van der Waals surface area contributed by atoms with E-state index in [2.05, 4.69) is 0 Å². The minimum Gasteiger partial charge on any atom is -0.336 e. The molecule has 3 aromatic carbocycles. The van der Waals surface area contributed by atoms with Crippen LogP contribution in [-0.2, 0) is 10.0 Å². The summed E-state index contributed by atoms with van der Waals surface area (Å²) in [6, 6.07) is 16.9. The Hall–Kier alpha value is -3.24. The fourth-order valence-electron chi connectivity index (χ4n) is 4.29. The van der Waals surface area contributed by atoms with Crippen LogP contribution in [0.1, 0.15) is 31.1 Å². The Balaban J connectivity index is 1.32. The molecule has 3 amide bonds. The van der Waals surface area contributed by atoms with Crippen molar-refractivity contribution in [3.05, 3.63) is 93.5 Å². The number of imide groups is 1. The molecule has 1 fully saturated rings. The average molecular weight is 544 g/mol. The van der Waals surface area contributed by atoms with Gasteiger partial charge in [-0.3, -0.25) is 14.4 Å². The lowest BCUT2D eigenvalue weighted by molar-refractivity contribution is 0.0697. The molecule has 2 aliphatic rings. The number of fused-ring (bicyclic) bond motifs is 1. The molecule has 0 aliphatic carbocycles. The number of hydrogen-bond acceptors (Lipinski definition) is 5. The van der Waals surface area contributed by atoms with Crippen molar-refractivity contribution in [1.82, 2.24) is 9.21 Å². The van der Waals surface area contributed by atoms with E-state index in [0.717, 1.165) is 4.90 Å². The summed E-state index contributed by atoms with van der Waals surface area (Å²) < 4.78 is 27.1. The summed E-state index contributed by atoms with van der Waals surface area (Å²) in [5.74, 6) is -1.43. The molecule has 0 radical (unpaired) electrons. The normalized spacial score (nSPS) is 16.4. The van der Waals surface area contributed by atoms with Crippen LogP contribution in [0.15, 0.2) is 71.6 Å². The number of anilines is 1. The number of sulfonamides is 1. The number of halogens is 2. The smallest absolute Gasteiger partial charge is 0.266 e. The minimum absolute atomic E-state index is 0.113. The van der Waals surface area contributed by atoms with Gasteiger partial charge in [-0.1, -0.05) is 41.4 Å². The molecule has 0 aromatic heterocycles. The number of nitrogens with zero attached hydrogens (tertiary/aromatic N) is 3. The van der Waals surface area contributed by atoms with Crippen LogP contribution < -0.4 is 4.90 Å². The molecule has 36 heavy (non-hydrogen) atoms. The Kier molecular flexibility index (Phi) is 6.34. The zero-order chi connectivity index (χ0) is 25.6. The Morgan fingerprint density at radius 1 is 0.750 bits per heavy atom. The van der Waals surface area contributed by atoms with Crippen molar-refractivity contribution < 1.29 is 22.8 Å². The molecule has 2 heterocycles. The lowest BCUT2D eigenvalue weighted by Gasteiger charge is -2.34. The molecule has 0 unspecified atom stereocenters. The molecule has 184 valence electrons. The first kappa shape index (κ1) is 24.5. The lowest BCUT2D eigenvalue weighted by Crippen LogP contribution is -2.50. The third kappa shape index (κ3) is 4.18.